The number of benzene rings is 1. The van der Waals surface area contributed by atoms with Gasteiger partial charge in [-0.25, -0.2) is 12.8 Å². The van der Waals surface area contributed by atoms with Crippen LogP contribution in [0.5, 0.6) is 0 Å². The van der Waals surface area contributed by atoms with Gasteiger partial charge in [-0.1, -0.05) is 6.07 Å². The molecule has 3 N–H and O–H groups in total. The highest BCUT2D eigenvalue weighted by molar-refractivity contribution is 7.94. The van der Waals surface area contributed by atoms with Gasteiger partial charge in [-0.05, 0) is 43.2 Å². The second kappa shape index (κ2) is 5.51. The van der Waals surface area contributed by atoms with E-state index < -0.39 is 15.8 Å². The van der Waals surface area contributed by atoms with Crippen LogP contribution in [-0.4, -0.2) is 8.42 Å². The molecule has 1 aromatic heterocycles. The monoisotopic (exact) mass is 314 g/mol. The number of hydrogen-bond acceptors (Lipinski definition) is 4. The van der Waals surface area contributed by atoms with E-state index in [2.05, 4.69) is 4.72 Å². The summed E-state index contributed by atoms with van der Waals surface area (Å²) in [4.78, 5) is 0.821. The number of anilines is 1. The van der Waals surface area contributed by atoms with E-state index in [0.29, 0.717) is 12.1 Å². The van der Waals surface area contributed by atoms with E-state index in [1.807, 2.05) is 6.92 Å². The van der Waals surface area contributed by atoms with Crippen molar-refractivity contribution in [3.8, 4) is 0 Å². The van der Waals surface area contributed by atoms with Crippen molar-refractivity contribution in [3.63, 3.8) is 0 Å². The summed E-state index contributed by atoms with van der Waals surface area (Å²) in [6, 6.07) is 5.55. The smallest absolute Gasteiger partial charge is 0.271 e. The molecule has 0 aliphatic heterocycles. The molecule has 1 aromatic carbocycles. The van der Waals surface area contributed by atoms with Crippen molar-refractivity contribution in [2.24, 2.45) is 5.73 Å². The van der Waals surface area contributed by atoms with Gasteiger partial charge in [-0.2, -0.15) is 0 Å². The molecule has 2 rings (SSSR count). The summed E-state index contributed by atoms with van der Waals surface area (Å²) in [5, 5.41) is 0. The number of nitrogens with one attached hydrogen (secondary N) is 1. The second-order valence-electron chi connectivity index (χ2n) is 4.44. The van der Waals surface area contributed by atoms with Crippen molar-refractivity contribution in [2.75, 3.05) is 4.72 Å². The molecule has 0 bridgehead atoms. The zero-order chi connectivity index (χ0) is 14.9. The first-order valence-electron chi connectivity index (χ1n) is 5.92. The van der Waals surface area contributed by atoms with Crippen molar-refractivity contribution in [3.05, 3.63) is 46.1 Å². The van der Waals surface area contributed by atoms with Crippen LogP contribution in [0, 0.1) is 19.7 Å². The topological polar surface area (TPSA) is 72.2 Å². The van der Waals surface area contributed by atoms with Gasteiger partial charge in [0.15, 0.2) is 0 Å². The summed E-state index contributed by atoms with van der Waals surface area (Å²) in [6.07, 6.45) is 0. The average molecular weight is 314 g/mol. The van der Waals surface area contributed by atoms with E-state index >= 15 is 0 Å². The Kier molecular flexibility index (Phi) is 4.12. The SMILES string of the molecule is Cc1ccc(F)cc1NS(=O)(=O)c1cc(C)c(CN)s1. The summed E-state index contributed by atoms with van der Waals surface area (Å²) >= 11 is 1.13. The Morgan fingerprint density at radius 1 is 1.25 bits per heavy atom. The van der Waals surface area contributed by atoms with Crippen molar-refractivity contribution in [2.45, 2.75) is 24.6 Å². The van der Waals surface area contributed by atoms with Crippen LogP contribution in [0.3, 0.4) is 0 Å². The van der Waals surface area contributed by atoms with Crippen molar-refractivity contribution in [1.29, 1.82) is 0 Å². The number of sulfonamides is 1. The molecule has 0 atom stereocenters. The molecule has 0 amide bonds. The maximum atomic E-state index is 13.2. The van der Waals surface area contributed by atoms with E-state index in [0.717, 1.165) is 27.8 Å². The number of hydrogen-bond donors (Lipinski definition) is 2. The molecule has 0 saturated heterocycles. The van der Waals surface area contributed by atoms with E-state index in [1.165, 1.54) is 12.1 Å². The fourth-order valence-electron chi connectivity index (χ4n) is 1.72. The lowest BCUT2D eigenvalue weighted by Crippen LogP contribution is -2.12. The van der Waals surface area contributed by atoms with E-state index in [1.54, 1.807) is 13.0 Å². The number of rotatable bonds is 4. The first-order chi connectivity index (χ1) is 9.33. The molecule has 0 unspecified atom stereocenters. The normalized spacial score (nSPS) is 11.6. The lowest BCUT2D eigenvalue weighted by atomic mass is 10.2. The zero-order valence-electron chi connectivity index (χ0n) is 11.1. The molecule has 0 spiro atoms. The summed E-state index contributed by atoms with van der Waals surface area (Å²) in [6.45, 7) is 3.82. The number of aryl methyl sites for hydroxylation is 2. The Balaban J connectivity index is 2.37. The van der Waals surface area contributed by atoms with Crippen LogP contribution in [0.1, 0.15) is 16.0 Å². The molecule has 20 heavy (non-hydrogen) atoms. The van der Waals surface area contributed by atoms with Crippen molar-refractivity contribution in [1.82, 2.24) is 0 Å². The molecule has 0 radical (unpaired) electrons. The Bertz CT molecular complexity index is 739. The lowest BCUT2D eigenvalue weighted by Gasteiger charge is -2.09. The van der Waals surface area contributed by atoms with Gasteiger partial charge in [0.1, 0.15) is 10.0 Å². The molecule has 4 nitrogen and oxygen atoms in total. The van der Waals surface area contributed by atoms with Crippen LogP contribution in [0.25, 0.3) is 0 Å². The Hall–Kier alpha value is -1.44. The minimum Gasteiger partial charge on any atom is -0.326 e. The van der Waals surface area contributed by atoms with Gasteiger partial charge in [-0.15, -0.1) is 11.3 Å². The highest BCUT2D eigenvalue weighted by atomic mass is 32.2. The fraction of sp³-hybridized carbons (Fsp3) is 0.231. The summed E-state index contributed by atoms with van der Waals surface area (Å²) < 4.78 is 40.4. The predicted octanol–water partition coefficient (Wildman–Crippen LogP) is 2.76. The van der Waals surface area contributed by atoms with Gasteiger partial charge < -0.3 is 5.73 Å². The quantitative estimate of drug-likeness (QED) is 0.911. The van der Waals surface area contributed by atoms with Gasteiger partial charge in [-0.3, -0.25) is 4.72 Å². The highest BCUT2D eigenvalue weighted by Crippen LogP contribution is 2.28. The van der Waals surface area contributed by atoms with E-state index in [9.17, 15) is 12.8 Å². The van der Waals surface area contributed by atoms with Crippen LogP contribution < -0.4 is 10.5 Å². The molecule has 108 valence electrons. The molecule has 0 fully saturated rings. The van der Waals surface area contributed by atoms with E-state index in [-0.39, 0.29) is 9.90 Å². The van der Waals surface area contributed by atoms with Crippen molar-refractivity contribution >= 4 is 27.0 Å². The Morgan fingerprint density at radius 2 is 1.95 bits per heavy atom. The highest BCUT2D eigenvalue weighted by Gasteiger charge is 2.19. The molecule has 2 aromatic rings. The first-order valence-corrected chi connectivity index (χ1v) is 8.22. The second-order valence-corrected chi connectivity index (χ2v) is 7.49. The Labute approximate surface area is 121 Å². The number of halogens is 1. The largest absolute Gasteiger partial charge is 0.326 e. The molecule has 0 saturated carbocycles. The molecule has 0 aliphatic rings. The van der Waals surface area contributed by atoms with Crippen LogP contribution in [0.15, 0.2) is 28.5 Å². The molecular formula is C13H15FN2O2S2. The first kappa shape index (κ1) is 15.0. The molecule has 7 heteroatoms. The van der Waals surface area contributed by atoms with Crippen molar-refractivity contribution < 1.29 is 12.8 Å². The summed E-state index contributed by atoms with van der Waals surface area (Å²) in [5.41, 5.74) is 7.29. The van der Waals surface area contributed by atoms with Gasteiger partial charge in [0.2, 0.25) is 0 Å². The average Bonchev–Trinajstić information content (AvgIpc) is 2.76. The summed E-state index contributed by atoms with van der Waals surface area (Å²) in [7, 11) is -3.72. The van der Waals surface area contributed by atoms with Crippen LogP contribution in [0.4, 0.5) is 10.1 Å². The van der Waals surface area contributed by atoms with Gasteiger partial charge in [0.05, 0.1) is 5.69 Å². The standard InChI is InChI=1S/C13H15FN2O2S2/c1-8-3-4-10(14)6-11(8)16-20(17,18)13-5-9(2)12(7-15)19-13/h3-6,16H,7,15H2,1-2H3. The van der Waals surface area contributed by atoms with Gasteiger partial charge in [0, 0.05) is 11.4 Å². The molecular weight excluding hydrogens is 299 g/mol. The van der Waals surface area contributed by atoms with E-state index in [4.69, 9.17) is 5.73 Å². The molecule has 0 aliphatic carbocycles. The minimum absolute atomic E-state index is 0.180. The van der Waals surface area contributed by atoms with Gasteiger partial charge in [0.25, 0.3) is 10.0 Å². The number of thiophene rings is 1. The maximum absolute atomic E-state index is 13.2. The fourth-order valence-corrected chi connectivity index (χ4v) is 4.31. The lowest BCUT2D eigenvalue weighted by molar-refractivity contribution is 0.603. The van der Waals surface area contributed by atoms with Crippen LogP contribution >= 0.6 is 11.3 Å². The van der Waals surface area contributed by atoms with Crippen LogP contribution in [0.2, 0.25) is 0 Å². The third-order valence-electron chi connectivity index (χ3n) is 2.89. The summed E-state index contributed by atoms with van der Waals surface area (Å²) in [5.74, 6) is -0.488. The van der Waals surface area contributed by atoms with Gasteiger partial charge >= 0.3 is 0 Å². The third-order valence-corrected chi connectivity index (χ3v) is 5.99. The predicted molar refractivity (Wildman–Crippen MR) is 78.9 cm³/mol. The zero-order valence-corrected chi connectivity index (χ0v) is 12.7. The maximum Gasteiger partial charge on any atom is 0.271 e. The number of nitrogens with two attached hydrogens (primary N) is 1. The Morgan fingerprint density at radius 3 is 2.55 bits per heavy atom. The van der Waals surface area contributed by atoms with Crippen LogP contribution in [-0.2, 0) is 16.6 Å². The third kappa shape index (κ3) is 3.00. The molecule has 1 heterocycles. The minimum atomic E-state index is -3.72.